The molecule has 3 saturated heterocycles. The van der Waals surface area contributed by atoms with Crippen LogP contribution >= 0.6 is 0 Å². The lowest BCUT2D eigenvalue weighted by Gasteiger charge is -2.41. The number of morpholine rings is 1. The second-order valence-corrected chi connectivity index (χ2v) is 8.90. The summed E-state index contributed by atoms with van der Waals surface area (Å²) < 4.78 is 57.8. The standard InChI is InChI=1S/C23H28F3N3O4/c24-23(25,26)15-29-20-2-1-19(33-18-3-5-27(6-4-18)17-13-32-14-17)11-16(20)12-21(29)22(30)28-7-9-31-10-8-28/h1-2,11-12,17-18H,3-10,13-15H2. The van der Waals surface area contributed by atoms with Crippen molar-refractivity contribution in [3.05, 3.63) is 30.0 Å². The summed E-state index contributed by atoms with van der Waals surface area (Å²) in [5.74, 6) is 0.205. The van der Waals surface area contributed by atoms with Gasteiger partial charge in [-0.25, -0.2) is 0 Å². The molecule has 0 N–H and O–H groups in total. The topological polar surface area (TPSA) is 56.2 Å². The van der Waals surface area contributed by atoms with Gasteiger partial charge in [0.2, 0.25) is 0 Å². The Kier molecular flexibility index (Phi) is 6.24. The number of piperidine rings is 1. The smallest absolute Gasteiger partial charge is 0.406 e. The van der Waals surface area contributed by atoms with E-state index in [-0.39, 0.29) is 11.8 Å². The van der Waals surface area contributed by atoms with E-state index in [1.165, 1.54) is 0 Å². The van der Waals surface area contributed by atoms with Gasteiger partial charge in [-0.2, -0.15) is 13.2 Å². The maximum absolute atomic E-state index is 13.3. The lowest BCUT2D eigenvalue weighted by atomic mass is 10.0. The number of rotatable bonds is 5. The van der Waals surface area contributed by atoms with Crippen LogP contribution in [-0.4, -0.2) is 91.2 Å². The summed E-state index contributed by atoms with van der Waals surface area (Å²) in [5.41, 5.74) is 0.411. The molecule has 5 rings (SSSR count). The minimum absolute atomic E-state index is 0.0393. The average molecular weight is 467 g/mol. The first-order valence-electron chi connectivity index (χ1n) is 11.4. The van der Waals surface area contributed by atoms with Gasteiger partial charge in [0.1, 0.15) is 24.1 Å². The highest BCUT2D eigenvalue weighted by Gasteiger charge is 2.33. The van der Waals surface area contributed by atoms with E-state index < -0.39 is 18.6 Å². The van der Waals surface area contributed by atoms with Crippen molar-refractivity contribution in [3.8, 4) is 5.75 Å². The van der Waals surface area contributed by atoms with Crippen molar-refractivity contribution in [1.29, 1.82) is 0 Å². The highest BCUT2D eigenvalue weighted by molar-refractivity contribution is 5.99. The van der Waals surface area contributed by atoms with Gasteiger partial charge in [-0.1, -0.05) is 0 Å². The summed E-state index contributed by atoms with van der Waals surface area (Å²) in [7, 11) is 0. The Morgan fingerprint density at radius 3 is 2.39 bits per heavy atom. The minimum Gasteiger partial charge on any atom is -0.490 e. The van der Waals surface area contributed by atoms with E-state index >= 15 is 0 Å². The van der Waals surface area contributed by atoms with Crippen molar-refractivity contribution in [3.63, 3.8) is 0 Å². The van der Waals surface area contributed by atoms with Crippen molar-refractivity contribution in [1.82, 2.24) is 14.4 Å². The molecule has 10 heteroatoms. The highest BCUT2D eigenvalue weighted by atomic mass is 19.4. The largest absolute Gasteiger partial charge is 0.490 e. The third-order valence-electron chi connectivity index (χ3n) is 6.64. The van der Waals surface area contributed by atoms with E-state index in [2.05, 4.69) is 4.90 Å². The molecule has 0 spiro atoms. The number of aromatic nitrogens is 1. The normalized spacial score (nSPS) is 21.4. The molecule has 0 saturated carbocycles. The molecule has 1 amide bonds. The third-order valence-corrected chi connectivity index (χ3v) is 6.64. The van der Waals surface area contributed by atoms with Crippen LogP contribution in [0, 0.1) is 0 Å². The Bertz CT molecular complexity index is 991. The van der Waals surface area contributed by atoms with Crippen LogP contribution in [0.5, 0.6) is 5.75 Å². The molecule has 180 valence electrons. The van der Waals surface area contributed by atoms with Gasteiger partial charge in [0.25, 0.3) is 5.91 Å². The number of hydrogen-bond donors (Lipinski definition) is 0. The van der Waals surface area contributed by atoms with Crippen LogP contribution in [0.3, 0.4) is 0 Å². The fraction of sp³-hybridized carbons (Fsp3) is 0.609. The maximum atomic E-state index is 13.3. The average Bonchev–Trinajstić information content (AvgIpc) is 3.10. The zero-order chi connectivity index (χ0) is 23.0. The number of alkyl halides is 3. The first-order valence-corrected chi connectivity index (χ1v) is 11.4. The number of nitrogens with zero attached hydrogens (tertiary/aromatic N) is 3. The number of amides is 1. The zero-order valence-corrected chi connectivity index (χ0v) is 18.4. The van der Waals surface area contributed by atoms with Gasteiger partial charge in [-0.05, 0) is 37.1 Å². The van der Waals surface area contributed by atoms with Crippen LogP contribution in [0.15, 0.2) is 24.3 Å². The second kappa shape index (κ2) is 9.15. The molecule has 4 heterocycles. The summed E-state index contributed by atoms with van der Waals surface area (Å²) in [6.07, 6.45) is -2.60. The Morgan fingerprint density at radius 2 is 1.76 bits per heavy atom. The van der Waals surface area contributed by atoms with Crippen molar-refractivity contribution in [2.75, 3.05) is 52.6 Å². The molecule has 3 aliphatic rings. The predicted molar refractivity (Wildman–Crippen MR) is 115 cm³/mol. The summed E-state index contributed by atoms with van der Waals surface area (Å²) in [6.45, 7) is 3.77. The van der Waals surface area contributed by atoms with E-state index in [0.717, 1.165) is 43.7 Å². The SMILES string of the molecule is O=C(c1cc2cc(OC3CCN(C4COC4)CC3)ccc2n1CC(F)(F)F)N1CCOCC1. The molecule has 0 radical (unpaired) electrons. The second-order valence-electron chi connectivity index (χ2n) is 8.90. The monoisotopic (exact) mass is 467 g/mol. The molecule has 33 heavy (non-hydrogen) atoms. The number of halogens is 3. The molecular formula is C23H28F3N3O4. The molecule has 0 unspecified atom stereocenters. The number of likely N-dealkylation sites (tertiary alicyclic amines) is 1. The number of fused-ring (bicyclic) bond motifs is 1. The summed E-state index contributed by atoms with van der Waals surface area (Å²) in [6, 6.07) is 7.12. The van der Waals surface area contributed by atoms with E-state index in [0.29, 0.717) is 49.0 Å². The molecule has 2 aromatic rings. The minimum atomic E-state index is -4.44. The lowest BCUT2D eigenvalue weighted by Crippen LogP contribution is -2.52. The third kappa shape index (κ3) is 4.97. The Labute approximate surface area is 190 Å². The molecule has 1 aromatic heterocycles. The molecular weight excluding hydrogens is 439 g/mol. The number of benzene rings is 1. The van der Waals surface area contributed by atoms with Crippen LogP contribution < -0.4 is 4.74 Å². The first kappa shape index (κ1) is 22.5. The zero-order valence-electron chi connectivity index (χ0n) is 18.4. The Balaban J connectivity index is 1.35. The van der Waals surface area contributed by atoms with Crippen LogP contribution in [0.2, 0.25) is 0 Å². The van der Waals surface area contributed by atoms with Crippen LogP contribution in [0.25, 0.3) is 10.9 Å². The number of carbonyl (C=O) groups excluding carboxylic acids is 1. The summed E-state index contributed by atoms with van der Waals surface area (Å²) >= 11 is 0. The van der Waals surface area contributed by atoms with Gasteiger partial charge in [-0.15, -0.1) is 0 Å². The fourth-order valence-electron chi connectivity index (χ4n) is 4.76. The maximum Gasteiger partial charge on any atom is 0.406 e. The molecule has 0 aliphatic carbocycles. The van der Waals surface area contributed by atoms with Gasteiger partial charge in [0.15, 0.2) is 0 Å². The Morgan fingerprint density at radius 1 is 1.03 bits per heavy atom. The van der Waals surface area contributed by atoms with Crippen molar-refractivity contribution in [2.45, 2.75) is 37.7 Å². The molecule has 0 bridgehead atoms. The first-order chi connectivity index (χ1) is 15.9. The van der Waals surface area contributed by atoms with Crippen LogP contribution in [-0.2, 0) is 16.0 Å². The molecule has 0 atom stereocenters. The van der Waals surface area contributed by atoms with E-state index in [9.17, 15) is 18.0 Å². The van der Waals surface area contributed by atoms with Crippen molar-refractivity contribution in [2.24, 2.45) is 0 Å². The quantitative estimate of drug-likeness (QED) is 0.677. The van der Waals surface area contributed by atoms with Crippen LogP contribution in [0.1, 0.15) is 23.3 Å². The van der Waals surface area contributed by atoms with E-state index in [1.807, 2.05) is 0 Å². The summed E-state index contributed by atoms with van der Waals surface area (Å²) in [5, 5.41) is 0.567. The van der Waals surface area contributed by atoms with E-state index in [4.69, 9.17) is 14.2 Å². The summed E-state index contributed by atoms with van der Waals surface area (Å²) in [4.78, 5) is 17.0. The van der Waals surface area contributed by atoms with Crippen molar-refractivity contribution < 1.29 is 32.2 Å². The molecule has 1 aromatic carbocycles. The molecule has 7 nitrogen and oxygen atoms in total. The van der Waals surface area contributed by atoms with Gasteiger partial charge in [0.05, 0.1) is 32.5 Å². The van der Waals surface area contributed by atoms with Gasteiger partial charge in [0, 0.05) is 37.1 Å². The number of carbonyl (C=O) groups is 1. The van der Waals surface area contributed by atoms with Gasteiger partial charge < -0.3 is 23.7 Å². The Hall–Kier alpha value is -2.30. The number of hydrogen-bond acceptors (Lipinski definition) is 5. The molecule has 3 aliphatic heterocycles. The lowest BCUT2D eigenvalue weighted by molar-refractivity contribution is -0.140. The van der Waals surface area contributed by atoms with Gasteiger partial charge >= 0.3 is 6.18 Å². The van der Waals surface area contributed by atoms with Crippen LogP contribution in [0.4, 0.5) is 13.2 Å². The van der Waals surface area contributed by atoms with Crippen molar-refractivity contribution >= 4 is 16.8 Å². The van der Waals surface area contributed by atoms with Gasteiger partial charge in [-0.3, -0.25) is 9.69 Å². The highest BCUT2D eigenvalue weighted by Crippen LogP contribution is 2.30. The van der Waals surface area contributed by atoms with E-state index in [1.54, 1.807) is 29.2 Å². The predicted octanol–water partition coefficient (Wildman–Crippen LogP) is 2.92. The molecule has 3 fully saturated rings. The fourth-order valence-corrected chi connectivity index (χ4v) is 4.76. The number of ether oxygens (including phenoxy) is 3.